The maximum atomic E-state index is 8.73. The van der Waals surface area contributed by atoms with Crippen molar-refractivity contribution in [2.24, 2.45) is 28.6 Å². The van der Waals surface area contributed by atoms with Gasteiger partial charge in [-0.3, -0.25) is 4.90 Å². The Labute approximate surface area is 111 Å². The average molecular weight is 255 g/mol. The molecule has 0 aromatic heterocycles. The fourth-order valence-electron chi connectivity index (χ4n) is 3.28. The van der Waals surface area contributed by atoms with Crippen LogP contribution in [0.4, 0.5) is 0 Å². The van der Waals surface area contributed by atoms with Crippen LogP contribution in [0.3, 0.4) is 0 Å². The second-order valence-electron chi connectivity index (χ2n) is 6.08. The quantitative estimate of drug-likeness (QED) is 0.343. The van der Waals surface area contributed by atoms with Gasteiger partial charge >= 0.3 is 0 Å². The molecule has 1 aliphatic carbocycles. The lowest BCUT2D eigenvalue weighted by Gasteiger charge is -2.39. The van der Waals surface area contributed by atoms with Gasteiger partial charge in [0.2, 0.25) is 0 Å². The molecule has 4 heteroatoms. The molecule has 0 aromatic carbocycles. The minimum atomic E-state index is 0.113. The molecule has 0 aromatic rings. The lowest BCUT2D eigenvalue weighted by molar-refractivity contribution is 0.108. The Balaban J connectivity index is 2.59. The topological polar surface area (TPSA) is 61.8 Å². The number of rotatable bonds is 5. The van der Waals surface area contributed by atoms with Crippen molar-refractivity contribution >= 4 is 5.84 Å². The molecule has 106 valence electrons. The van der Waals surface area contributed by atoms with Gasteiger partial charge in [-0.05, 0) is 37.6 Å². The molecule has 3 N–H and O–H groups in total. The third-order valence-electron chi connectivity index (χ3n) is 4.20. The molecular weight excluding hydrogens is 226 g/mol. The molecular formula is C14H29N3O. The molecule has 1 fully saturated rings. The lowest BCUT2D eigenvalue weighted by atomic mass is 9.79. The second kappa shape index (κ2) is 6.98. The highest BCUT2D eigenvalue weighted by Gasteiger charge is 2.28. The van der Waals surface area contributed by atoms with Gasteiger partial charge in [0.15, 0.2) is 0 Å². The summed E-state index contributed by atoms with van der Waals surface area (Å²) < 4.78 is 0. The summed E-state index contributed by atoms with van der Waals surface area (Å²) in [6.45, 7) is 10.8. The molecule has 4 nitrogen and oxygen atoms in total. The van der Waals surface area contributed by atoms with Crippen molar-refractivity contribution in [2.75, 3.05) is 13.1 Å². The van der Waals surface area contributed by atoms with Crippen LogP contribution in [0, 0.1) is 17.8 Å². The highest BCUT2D eigenvalue weighted by molar-refractivity contribution is 5.82. The number of nitrogens with two attached hydrogens (primary N) is 1. The first kappa shape index (κ1) is 15.3. The predicted octanol–water partition coefficient (Wildman–Crippen LogP) is 2.52. The molecule has 0 heterocycles. The molecule has 18 heavy (non-hydrogen) atoms. The lowest BCUT2D eigenvalue weighted by Crippen LogP contribution is -2.44. The van der Waals surface area contributed by atoms with Gasteiger partial charge in [0, 0.05) is 18.5 Å². The van der Waals surface area contributed by atoms with Crippen LogP contribution < -0.4 is 5.73 Å². The molecule has 3 unspecified atom stereocenters. The minimum absolute atomic E-state index is 0.113. The van der Waals surface area contributed by atoms with Crippen molar-refractivity contribution in [1.82, 2.24) is 4.90 Å². The smallest absolute Gasteiger partial charge is 0.143 e. The first-order chi connectivity index (χ1) is 8.47. The van der Waals surface area contributed by atoms with E-state index in [1.54, 1.807) is 0 Å². The van der Waals surface area contributed by atoms with Crippen LogP contribution in [0.25, 0.3) is 0 Å². The SMILES string of the molecule is CCN(CC(C)C(N)=NO)C1CC(C)CC(C)C1. The summed E-state index contributed by atoms with van der Waals surface area (Å²) in [6.07, 6.45) is 3.91. The molecule has 0 amide bonds. The van der Waals surface area contributed by atoms with E-state index in [0.29, 0.717) is 11.9 Å². The summed E-state index contributed by atoms with van der Waals surface area (Å²) in [5.41, 5.74) is 5.68. The van der Waals surface area contributed by atoms with E-state index in [2.05, 4.69) is 30.8 Å². The standard InChI is InChI=1S/C14H29N3O/c1-5-17(9-12(4)14(15)16-18)13-7-10(2)6-11(3)8-13/h10-13,18H,5-9H2,1-4H3,(H2,15,16). The Morgan fingerprint density at radius 1 is 1.33 bits per heavy atom. The van der Waals surface area contributed by atoms with Crippen molar-refractivity contribution in [1.29, 1.82) is 0 Å². The van der Waals surface area contributed by atoms with Gasteiger partial charge in [0.05, 0.1) is 0 Å². The van der Waals surface area contributed by atoms with Gasteiger partial charge in [-0.2, -0.15) is 0 Å². The van der Waals surface area contributed by atoms with E-state index in [4.69, 9.17) is 10.9 Å². The van der Waals surface area contributed by atoms with E-state index in [0.717, 1.165) is 24.9 Å². The summed E-state index contributed by atoms with van der Waals surface area (Å²) >= 11 is 0. The Morgan fingerprint density at radius 3 is 2.33 bits per heavy atom. The molecule has 0 spiro atoms. The molecule has 1 saturated carbocycles. The first-order valence-electron chi connectivity index (χ1n) is 7.19. The Hall–Kier alpha value is -0.770. The van der Waals surface area contributed by atoms with Gasteiger partial charge in [0.1, 0.15) is 5.84 Å². The molecule has 1 rings (SSSR count). The normalized spacial score (nSPS) is 31.6. The number of amidine groups is 1. The molecule has 1 aliphatic rings. The molecule has 0 radical (unpaired) electrons. The Bertz CT molecular complexity index is 270. The van der Waals surface area contributed by atoms with Gasteiger partial charge in [-0.15, -0.1) is 0 Å². The fourth-order valence-corrected chi connectivity index (χ4v) is 3.28. The molecule has 0 saturated heterocycles. The van der Waals surface area contributed by atoms with Gasteiger partial charge in [-0.25, -0.2) is 0 Å². The number of hydrogen-bond donors (Lipinski definition) is 2. The van der Waals surface area contributed by atoms with Crippen LogP contribution in [0.15, 0.2) is 5.16 Å². The van der Waals surface area contributed by atoms with E-state index >= 15 is 0 Å². The highest BCUT2D eigenvalue weighted by Crippen LogP contribution is 2.31. The minimum Gasteiger partial charge on any atom is -0.409 e. The summed E-state index contributed by atoms with van der Waals surface area (Å²) in [7, 11) is 0. The summed E-state index contributed by atoms with van der Waals surface area (Å²) in [5, 5.41) is 11.8. The van der Waals surface area contributed by atoms with E-state index < -0.39 is 0 Å². The van der Waals surface area contributed by atoms with Gasteiger partial charge < -0.3 is 10.9 Å². The van der Waals surface area contributed by atoms with E-state index in [1.165, 1.54) is 19.3 Å². The van der Waals surface area contributed by atoms with Crippen molar-refractivity contribution < 1.29 is 5.21 Å². The fraction of sp³-hybridized carbons (Fsp3) is 0.929. The predicted molar refractivity (Wildman–Crippen MR) is 75.8 cm³/mol. The van der Waals surface area contributed by atoms with Crippen LogP contribution in [-0.4, -0.2) is 35.1 Å². The number of oxime groups is 1. The second-order valence-corrected chi connectivity index (χ2v) is 6.08. The Kier molecular flexibility index (Phi) is 5.93. The van der Waals surface area contributed by atoms with E-state index in [9.17, 15) is 0 Å². The third-order valence-corrected chi connectivity index (χ3v) is 4.20. The van der Waals surface area contributed by atoms with E-state index in [1.807, 2.05) is 6.92 Å². The van der Waals surface area contributed by atoms with Crippen LogP contribution in [0.2, 0.25) is 0 Å². The van der Waals surface area contributed by atoms with Crippen molar-refractivity contribution in [3.05, 3.63) is 0 Å². The third kappa shape index (κ3) is 4.16. The van der Waals surface area contributed by atoms with Gasteiger partial charge in [-0.1, -0.05) is 32.9 Å². The zero-order valence-electron chi connectivity index (χ0n) is 12.3. The summed E-state index contributed by atoms with van der Waals surface area (Å²) in [4.78, 5) is 2.49. The zero-order chi connectivity index (χ0) is 13.7. The van der Waals surface area contributed by atoms with Gasteiger partial charge in [0.25, 0.3) is 0 Å². The van der Waals surface area contributed by atoms with Crippen LogP contribution in [0.1, 0.15) is 47.0 Å². The van der Waals surface area contributed by atoms with Crippen molar-refractivity contribution in [2.45, 2.75) is 53.0 Å². The zero-order valence-corrected chi connectivity index (χ0v) is 12.3. The first-order valence-corrected chi connectivity index (χ1v) is 7.19. The number of nitrogens with zero attached hydrogens (tertiary/aromatic N) is 2. The Morgan fingerprint density at radius 2 is 1.89 bits per heavy atom. The maximum Gasteiger partial charge on any atom is 0.143 e. The van der Waals surface area contributed by atoms with Crippen molar-refractivity contribution in [3.8, 4) is 0 Å². The summed E-state index contributed by atoms with van der Waals surface area (Å²) in [6, 6.07) is 0.655. The molecule has 0 aliphatic heterocycles. The molecule has 3 atom stereocenters. The van der Waals surface area contributed by atoms with Crippen LogP contribution in [0.5, 0.6) is 0 Å². The average Bonchev–Trinajstić information content (AvgIpc) is 2.33. The van der Waals surface area contributed by atoms with E-state index in [-0.39, 0.29) is 5.92 Å². The van der Waals surface area contributed by atoms with Crippen LogP contribution in [-0.2, 0) is 0 Å². The summed E-state index contributed by atoms with van der Waals surface area (Å²) in [5.74, 6) is 2.08. The highest BCUT2D eigenvalue weighted by atomic mass is 16.4. The van der Waals surface area contributed by atoms with Crippen molar-refractivity contribution in [3.63, 3.8) is 0 Å². The molecule has 0 bridgehead atoms. The monoisotopic (exact) mass is 255 g/mol. The maximum absolute atomic E-state index is 8.73. The van der Waals surface area contributed by atoms with Crippen LogP contribution >= 0.6 is 0 Å². The largest absolute Gasteiger partial charge is 0.409 e. The number of hydrogen-bond acceptors (Lipinski definition) is 3.